The molecule has 0 fully saturated rings. The van der Waals surface area contributed by atoms with Crippen LogP contribution in [0.3, 0.4) is 0 Å². The lowest BCUT2D eigenvalue weighted by Gasteiger charge is -2.14. The summed E-state index contributed by atoms with van der Waals surface area (Å²) in [5.41, 5.74) is 0.323. The van der Waals surface area contributed by atoms with Gasteiger partial charge in [-0.05, 0) is 43.3 Å². The number of carbonyl (C=O) groups excluding carboxylic acids is 2. The minimum atomic E-state index is -1.11. The van der Waals surface area contributed by atoms with Crippen molar-refractivity contribution >= 4 is 52.4 Å². The number of halogens is 4. The van der Waals surface area contributed by atoms with Gasteiger partial charge in [0.2, 0.25) is 0 Å². The summed E-state index contributed by atoms with van der Waals surface area (Å²) in [4.78, 5) is 24.1. The Kier molecular flexibility index (Phi) is 6.04. The van der Waals surface area contributed by atoms with E-state index in [9.17, 15) is 14.0 Å². The van der Waals surface area contributed by atoms with E-state index >= 15 is 0 Å². The van der Waals surface area contributed by atoms with E-state index in [1.807, 2.05) is 0 Å². The first-order valence-corrected chi connectivity index (χ1v) is 7.82. The second-order valence-corrected chi connectivity index (χ2v) is 6.10. The molecule has 0 aliphatic heterocycles. The third kappa shape index (κ3) is 4.84. The second-order valence-electron chi connectivity index (χ2n) is 4.82. The average molecular weight is 391 g/mol. The van der Waals surface area contributed by atoms with Crippen molar-refractivity contribution in [1.82, 2.24) is 0 Å². The summed E-state index contributed by atoms with van der Waals surface area (Å²) in [5, 5.41) is 3.12. The number of carbonyl (C=O) groups is 2. The Balaban J connectivity index is 2.04. The number of anilines is 1. The van der Waals surface area contributed by atoms with E-state index < -0.39 is 23.8 Å². The lowest BCUT2D eigenvalue weighted by molar-refractivity contribution is -0.123. The maximum atomic E-state index is 13.0. The monoisotopic (exact) mass is 389 g/mol. The molecule has 2 rings (SSSR count). The zero-order chi connectivity index (χ0) is 17.9. The van der Waals surface area contributed by atoms with Crippen molar-refractivity contribution in [3.8, 4) is 0 Å². The van der Waals surface area contributed by atoms with Crippen LogP contribution in [0.15, 0.2) is 36.4 Å². The van der Waals surface area contributed by atoms with Gasteiger partial charge in [-0.2, -0.15) is 0 Å². The summed E-state index contributed by atoms with van der Waals surface area (Å²) >= 11 is 17.5. The van der Waals surface area contributed by atoms with E-state index in [0.29, 0.717) is 15.7 Å². The van der Waals surface area contributed by atoms with Crippen LogP contribution in [0, 0.1) is 5.82 Å². The fourth-order valence-electron chi connectivity index (χ4n) is 1.80. The Labute approximate surface area is 152 Å². The molecule has 0 radical (unpaired) electrons. The summed E-state index contributed by atoms with van der Waals surface area (Å²) < 4.78 is 18.0. The zero-order valence-corrected chi connectivity index (χ0v) is 14.5. The summed E-state index contributed by atoms with van der Waals surface area (Å²) in [6, 6.07) is 7.74. The average Bonchev–Trinajstić information content (AvgIpc) is 2.45. The van der Waals surface area contributed by atoms with Crippen LogP contribution in [-0.4, -0.2) is 18.0 Å². The van der Waals surface area contributed by atoms with Crippen LogP contribution in [0.5, 0.6) is 0 Å². The van der Waals surface area contributed by atoms with Crippen LogP contribution in [0.1, 0.15) is 17.3 Å². The molecule has 4 nitrogen and oxygen atoms in total. The Morgan fingerprint density at radius 1 is 1.08 bits per heavy atom. The number of esters is 1. The minimum Gasteiger partial charge on any atom is -0.449 e. The topological polar surface area (TPSA) is 55.4 Å². The zero-order valence-electron chi connectivity index (χ0n) is 12.3. The van der Waals surface area contributed by atoms with Gasteiger partial charge in [-0.3, -0.25) is 4.79 Å². The number of hydrogen-bond acceptors (Lipinski definition) is 3. The van der Waals surface area contributed by atoms with Gasteiger partial charge in [0.15, 0.2) is 6.10 Å². The number of nitrogens with one attached hydrogen (secondary N) is 1. The van der Waals surface area contributed by atoms with Crippen LogP contribution in [-0.2, 0) is 9.53 Å². The third-order valence-electron chi connectivity index (χ3n) is 2.93. The van der Waals surface area contributed by atoms with Gasteiger partial charge in [0, 0.05) is 15.7 Å². The first-order chi connectivity index (χ1) is 11.3. The molecule has 2 aromatic carbocycles. The Morgan fingerprint density at radius 2 is 1.71 bits per heavy atom. The highest BCUT2D eigenvalue weighted by Crippen LogP contribution is 2.23. The Bertz CT molecular complexity index is 778. The molecule has 0 saturated heterocycles. The SMILES string of the molecule is C[C@H](OC(=O)c1ccc(F)cc1Cl)C(=O)Nc1cc(Cl)cc(Cl)c1. The Hall–Kier alpha value is -1.82. The van der Waals surface area contributed by atoms with Crippen molar-refractivity contribution in [3.63, 3.8) is 0 Å². The molecule has 0 aliphatic carbocycles. The molecule has 1 atom stereocenters. The maximum absolute atomic E-state index is 13.0. The predicted octanol–water partition coefficient (Wildman–Crippen LogP) is 4.97. The van der Waals surface area contributed by atoms with Crippen molar-refractivity contribution in [2.45, 2.75) is 13.0 Å². The van der Waals surface area contributed by atoms with Gasteiger partial charge in [0.05, 0.1) is 10.6 Å². The van der Waals surface area contributed by atoms with E-state index in [0.717, 1.165) is 12.1 Å². The largest absolute Gasteiger partial charge is 0.449 e. The van der Waals surface area contributed by atoms with Crippen molar-refractivity contribution < 1.29 is 18.7 Å². The first-order valence-electron chi connectivity index (χ1n) is 6.69. The number of rotatable bonds is 4. The van der Waals surface area contributed by atoms with Crippen LogP contribution in [0.25, 0.3) is 0 Å². The van der Waals surface area contributed by atoms with Gasteiger partial charge < -0.3 is 10.1 Å². The van der Waals surface area contributed by atoms with Crippen LogP contribution in [0.4, 0.5) is 10.1 Å². The minimum absolute atomic E-state index is 0.0384. The summed E-state index contributed by atoms with van der Waals surface area (Å²) in [5.74, 6) is -2.01. The molecular formula is C16H11Cl3FNO3. The molecular weight excluding hydrogens is 380 g/mol. The number of hydrogen-bond donors (Lipinski definition) is 1. The molecule has 2 aromatic rings. The Morgan fingerprint density at radius 3 is 2.29 bits per heavy atom. The first kappa shape index (κ1) is 18.5. The standard InChI is InChI=1S/C16H11Cl3FNO3/c1-8(15(22)21-12-5-9(17)4-10(18)6-12)24-16(23)13-3-2-11(20)7-14(13)19/h2-8H,1H3,(H,21,22)/t8-/m0/s1. The number of amides is 1. The molecule has 0 saturated carbocycles. The maximum Gasteiger partial charge on any atom is 0.340 e. The van der Waals surface area contributed by atoms with E-state index in [1.165, 1.54) is 31.2 Å². The molecule has 0 spiro atoms. The summed E-state index contributed by atoms with van der Waals surface area (Å²) in [7, 11) is 0. The van der Waals surface area contributed by atoms with Crippen molar-refractivity contribution in [2.24, 2.45) is 0 Å². The van der Waals surface area contributed by atoms with Crippen molar-refractivity contribution in [1.29, 1.82) is 0 Å². The second kappa shape index (κ2) is 7.83. The number of ether oxygens (including phenoxy) is 1. The fraction of sp³-hybridized carbons (Fsp3) is 0.125. The fourth-order valence-corrected chi connectivity index (χ4v) is 2.57. The summed E-state index contributed by atoms with van der Waals surface area (Å²) in [6.07, 6.45) is -1.11. The third-order valence-corrected chi connectivity index (χ3v) is 3.68. The molecule has 0 aliphatic rings. The lowest BCUT2D eigenvalue weighted by atomic mass is 10.2. The molecule has 8 heteroatoms. The van der Waals surface area contributed by atoms with Gasteiger partial charge in [-0.1, -0.05) is 34.8 Å². The summed E-state index contributed by atoms with van der Waals surface area (Å²) in [6.45, 7) is 1.39. The highest BCUT2D eigenvalue weighted by molar-refractivity contribution is 6.35. The molecule has 0 unspecified atom stereocenters. The van der Waals surface area contributed by atoms with Crippen LogP contribution < -0.4 is 5.32 Å². The van der Waals surface area contributed by atoms with Crippen LogP contribution >= 0.6 is 34.8 Å². The van der Waals surface area contributed by atoms with Crippen molar-refractivity contribution in [2.75, 3.05) is 5.32 Å². The number of benzene rings is 2. The molecule has 1 N–H and O–H groups in total. The van der Waals surface area contributed by atoms with Gasteiger partial charge in [0.1, 0.15) is 5.82 Å². The van der Waals surface area contributed by atoms with Gasteiger partial charge in [-0.25, -0.2) is 9.18 Å². The van der Waals surface area contributed by atoms with Gasteiger partial charge >= 0.3 is 5.97 Å². The molecule has 126 valence electrons. The normalized spacial score (nSPS) is 11.7. The molecule has 0 aromatic heterocycles. The quantitative estimate of drug-likeness (QED) is 0.750. The molecule has 0 heterocycles. The molecule has 1 amide bonds. The van der Waals surface area contributed by atoms with Crippen LogP contribution in [0.2, 0.25) is 15.1 Å². The predicted molar refractivity (Wildman–Crippen MR) is 91.4 cm³/mol. The van der Waals surface area contributed by atoms with E-state index in [2.05, 4.69) is 5.32 Å². The van der Waals surface area contributed by atoms with Gasteiger partial charge in [-0.15, -0.1) is 0 Å². The van der Waals surface area contributed by atoms with Gasteiger partial charge in [0.25, 0.3) is 5.91 Å². The molecule has 24 heavy (non-hydrogen) atoms. The lowest BCUT2D eigenvalue weighted by Crippen LogP contribution is -2.30. The van der Waals surface area contributed by atoms with E-state index in [4.69, 9.17) is 39.5 Å². The van der Waals surface area contributed by atoms with E-state index in [-0.39, 0.29) is 10.6 Å². The van der Waals surface area contributed by atoms with E-state index in [1.54, 1.807) is 0 Å². The smallest absolute Gasteiger partial charge is 0.340 e. The van der Waals surface area contributed by atoms with Crippen molar-refractivity contribution in [3.05, 3.63) is 62.8 Å². The highest BCUT2D eigenvalue weighted by atomic mass is 35.5. The highest BCUT2D eigenvalue weighted by Gasteiger charge is 2.21. The molecule has 0 bridgehead atoms.